The summed E-state index contributed by atoms with van der Waals surface area (Å²) in [7, 11) is -3.64. The van der Waals surface area contributed by atoms with Crippen LogP contribution in [-0.2, 0) is 10.0 Å². The number of hydrazine groups is 1. The Morgan fingerprint density at radius 2 is 1.40 bits per heavy atom. The molecule has 3 aromatic rings. The monoisotopic (exact) mass is 502 g/mol. The minimum atomic E-state index is -3.64. The van der Waals surface area contributed by atoms with Crippen LogP contribution in [0.3, 0.4) is 0 Å². The van der Waals surface area contributed by atoms with E-state index in [1.54, 1.807) is 13.8 Å². The highest BCUT2D eigenvalue weighted by Gasteiger charge is 2.24. The van der Waals surface area contributed by atoms with Crippen molar-refractivity contribution in [3.8, 4) is 0 Å². The number of aromatic nitrogens is 2. The topological polar surface area (TPSA) is 186 Å². The summed E-state index contributed by atoms with van der Waals surface area (Å²) in [5.41, 5.74) is 5.50. The van der Waals surface area contributed by atoms with Gasteiger partial charge < -0.3 is 5.32 Å². The highest BCUT2D eigenvalue weighted by molar-refractivity contribution is 7.89. The lowest BCUT2D eigenvalue weighted by Gasteiger charge is -2.18. The van der Waals surface area contributed by atoms with Gasteiger partial charge in [0.2, 0.25) is 21.7 Å². The number of nitro benzene ring substituents is 1. The fraction of sp³-hybridized carbons (Fsp3) is 0.200. The molecule has 0 amide bonds. The summed E-state index contributed by atoms with van der Waals surface area (Å²) < 4.78 is 26.6. The second-order valence-corrected chi connectivity index (χ2v) is 8.91. The lowest BCUT2D eigenvalue weighted by molar-refractivity contribution is -0.384. The van der Waals surface area contributed by atoms with Crippen LogP contribution < -0.4 is 16.2 Å². The molecule has 1 aromatic heterocycles. The van der Waals surface area contributed by atoms with Gasteiger partial charge in [-0.1, -0.05) is 13.8 Å². The average molecular weight is 503 g/mol. The third-order valence-corrected chi connectivity index (χ3v) is 6.93. The molecule has 14 nitrogen and oxygen atoms in total. The predicted molar refractivity (Wildman–Crippen MR) is 129 cm³/mol. The van der Waals surface area contributed by atoms with Crippen molar-refractivity contribution in [1.82, 2.24) is 14.3 Å². The first-order valence-corrected chi connectivity index (χ1v) is 11.7. The number of non-ortho nitro benzene ring substituents is 1. The Morgan fingerprint density at radius 1 is 0.829 bits per heavy atom. The van der Waals surface area contributed by atoms with Crippen LogP contribution in [0.5, 0.6) is 0 Å². The number of hydrogen-bond acceptors (Lipinski definition) is 11. The second kappa shape index (κ2) is 10.7. The molecule has 0 saturated carbocycles. The molecule has 3 N–H and O–H groups in total. The molecule has 0 atom stereocenters. The molecule has 0 aliphatic heterocycles. The molecule has 0 spiro atoms. The Morgan fingerprint density at radius 3 is 1.94 bits per heavy atom. The van der Waals surface area contributed by atoms with E-state index in [1.807, 2.05) is 0 Å². The van der Waals surface area contributed by atoms with Gasteiger partial charge in [0, 0.05) is 30.9 Å². The first-order chi connectivity index (χ1) is 16.7. The summed E-state index contributed by atoms with van der Waals surface area (Å²) >= 11 is 0. The minimum absolute atomic E-state index is 0.0959. The summed E-state index contributed by atoms with van der Waals surface area (Å²) in [6.45, 7) is 4.14. The quantitative estimate of drug-likeness (QED) is 0.257. The highest BCUT2D eigenvalue weighted by Crippen LogP contribution is 2.31. The van der Waals surface area contributed by atoms with Crippen LogP contribution in [0.1, 0.15) is 13.8 Å². The lowest BCUT2D eigenvalue weighted by atomic mass is 10.3. The van der Waals surface area contributed by atoms with Gasteiger partial charge in [-0.3, -0.25) is 31.1 Å². The van der Waals surface area contributed by atoms with Gasteiger partial charge in [-0.15, -0.1) is 0 Å². The Hall–Kier alpha value is -4.37. The predicted octanol–water partition coefficient (Wildman–Crippen LogP) is 3.51. The van der Waals surface area contributed by atoms with Gasteiger partial charge >= 0.3 is 5.69 Å². The van der Waals surface area contributed by atoms with Crippen molar-refractivity contribution in [2.45, 2.75) is 18.7 Å². The van der Waals surface area contributed by atoms with Gasteiger partial charge in [-0.05, 0) is 36.4 Å². The van der Waals surface area contributed by atoms with Crippen LogP contribution in [0, 0.1) is 20.2 Å². The number of nitrogens with one attached hydrogen (secondary N) is 3. The van der Waals surface area contributed by atoms with Crippen molar-refractivity contribution in [2.24, 2.45) is 0 Å². The molecule has 0 saturated heterocycles. The molecule has 15 heteroatoms. The zero-order valence-electron chi connectivity index (χ0n) is 18.7. The lowest BCUT2D eigenvalue weighted by Crippen LogP contribution is -2.30. The largest absolute Gasteiger partial charge is 0.355 e. The second-order valence-electron chi connectivity index (χ2n) is 6.97. The maximum atomic E-state index is 12.6. The molecule has 0 radical (unpaired) electrons. The van der Waals surface area contributed by atoms with E-state index in [0.29, 0.717) is 24.5 Å². The number of hydrogen-bond donors (Lipinski definition) is 3. The first kappa shape index (κ1) is 25.3. The number of nitro groups is 2. The molecule has 0 aliphatic carbocycles. The fourth-order valence-corrected chi connectivity index (χ4v) is 4.55. The van der Waals surface area contributed by atoms with Crippen LogP contribution in [0.2, 0.25) is 0 Å². The molecule has 0 unspecified atom stereocenters. The normalized spacial score (nSPS) is 11.2. The summed E-state index contributed by atoms with van der Waals surface area (Å²) in [4.78, 5) is 29.2. The van der Waals surface area contributed by atoms with Crippen molar-refractivity contribution < 1.29 is 18.3 Å². The minimum Gasteiger partial charge on any atom is -0.334 e. The van der Waals surface area contributed by atoms with Crippen LogP contribution in [-0.4, -0.2) is 45.6 Å². The maximum absolute atomic E-state index is 12.6. The van der Waals surface area contributed by atoms with Crippen LogP contribution in [0.25, 0.3) is 0 Å². The summed E-state index contributed by atoms with van der Waals surface area (Å²) in [6.07, 6.45) is 1.11. The van der Waals surface area contributed by atoms with Gasteiger partial charge in [0.15, 0.2) is 0 Å². The molecule has 35 heavy (non-hydrogen) atoms. The SMILES string of the molecule is CCN(CC)S(=O)(=O)c1ccc(Nc2ncnc(NNc3ccc([N+](=O)[O-])cc3)c2[N+](=O)[O-])cc1. The maximum Gasteiger partial charge on any atom is 0.355 e. The van der Waals surface area contributed by atoms with Crippen LogP contribution in [0.4, 0.5) is 34.4 Å². The van der Waals surface area contributed by atoms with E-state index in [0.717, 1.165) is 6.33 Å². The number of nitrogens with zero attached hydrogens (tertiary/aromatic N) is 5. The van der Waals surface area contributed by atoms with E-state index in [1.165, 1.54) is 52.8 Å². The molecular formula is C20H22N8O6S. The number of anilines is 4. The highest BCUT2D eigenvalue weighted by atomic mass is 32.2. The van der Waals surface area contributed by atoms with E-state index >= 15 is 0 Å². The van der Waals surface area contributed by atoms with E-state index < -0.39 is 25.6 Å². The van der Waals surface area contributed by atoms with Gasteiger partial charge in [0.05, 0.1) is 20.4 Å². The molecule has 184 valence electrons. The van der Waals surface area contributed by atoms with E-state index in [4.69, 9.17) is 0 Å². The molecular weight excluding hydrogens is 480 g/mol. The van der Waals surface area contributed by atoms with Gasteiger partial charge in [-0.2, -0.15) is 4.31 Å². The zero-order valence-corrected chi connectivity index (χ0v) is 19.5. The Balaban J connectivity index is 1.81. The standard InChI is InChI=1S/C20H22N8O6S/c1-3-26(4-2)35(33,34)17-11-7-14(8-12-17)23-19-18(28(31)32)20(22-13-21-19)25-24-15-5-9-16(10-6-15)27(29)30/h5-13,24H,3-4H2,1-2H3,(H2,21,22,23,25). The van der Waals surface area contributed by atoms with Crippen molar-refractivity contribution in [2.75, 3.05) is 29.3 Å². The molecule has 1 heterocycles. The molecule has 2 aromatic carbocycles. The summed E-state index contributed by atoms with van der Waals surface area (Å²) in [5.74, 6) is -0.288. The van der Waals surface area contributed by atoms with Crippen molar-refractivity contribution in [1.29, 1.82) is 0 Å². The number of rotatable bonds is 11. The fourth-order valence-electron chi connectivity index (χ4n) is 3.09. The van der Waals surface area contributed by atoms with E-state index in [-0.39, 0.29) is 22.2 Å². The summed E-state index contributed by atoms with van der Waals surface area (Å²) in [6, 6.07) is 11.1. The molecule has 0 aliphatic rings. The van der Waals surface area contributed by atoms with Crippen molar-refractivity contribution >= 4 is 44.4 Å². The van der Waals surface area contributed by atoms with Crippen LogP contribution in [0.15, 0.2) is 59.8 Å². The molecule has 3 rings (SSSR count). The van der Waals surface area contributed by atoms with Gasteiger partial charge in [-0.25, -0.2) is 18.4 Å². The van der Waals surface area contributed by atoms with Crippen LogP contribution >= 0.6 is 0 Å². The average Bonchev–Trinajstić information content (AvgIpc) is 2.83. The van der Waals surface area contributed by atoms with E-state index in [2.05, 4.69) is 26.1 Å². The Bertz CT molecular complexity index is 1310. The number of sulfonamides is 1. The Kier molecular flexibility index (Phi) is 7.73. The number of benzene rings is 2. The third-order valence-electron chi connectivity index (χ3n) is 4.87. The molecule has 0 fully saturated rings. The van der Waals surface area contributed by atoms with Crippen molar-refractivity contribution in [3.05, 3.63) is 75.1 Å². The van der Waals surface area contributed by atoms with Gasteiger partial charge in [0.1, 0.15) is 6.33 Å². The summed E-state index contributed by atoms with van der Waals surface area (Å²) in [5, 5.41) is 25.3. The van der Waals surface area contributed by atoms with Gasteiger partial charge in [0.25, 0.3) is 5.69 Å². The van der Waals surface area contributed by atoms with Crippen molar-refractivity contribution in [3.63, 3.8) is 0 Å². The molecule has 0 bridgehead atoms. The van der Waals surface area contributed by atoms with E-state index in [9.17, 15) is 28.6 Å². The smallest absolute Gasteiger partial charge is 0.334 e. The zero-order chi connectivity index (χ0) is 25.6. The Labute approximate surface area is 200 Å². The first-order valence-electron chi connectivity index (χ1n) is 10.3. The third kappa shape index (κ3) is 5.77.